The van der Waals surface area contributed by atoms with Crippen LogP contribution in [0.2, 0.25) is 0 Å². The summed E-state index contributed by atoms with van der Waals surface area (Å²) in [6.45, 7) is 0.399. The van der Waals surface area contributed by atoms with Gasteiger partial charge in [0.15, 0.2) is 5.43 Å². The maximum absolute atomic E-state index is 13.4. The van der Waals surface area contributed by atoms with E-state index in [9.17, 15) is 14.0 Å². The monoisotopic (exact) mass is 275 g/mol. The van der Waals surface area contributed by atoms with Gasteiger partial charge in [0.05, 0.1) is 5.69 Å². The Labute approximate surface area is 114 Å². The summed E-state index contributed by atoms with van der Waals surface area (Å²) < 4.78 is 15.1. The van der Waals surface area contributed by atoms with Gasteiger partial charge in [-0.15, -0.1) is 0 Å². The molecule has 0 radical (unpaired) electrons. The number of hydrogen-bond donors (Lipinski definition) is 2. The number of amides is 1. The first-order chi connectivity index (χ1) is 9.54. The fourth-order valence-corrected chi connectivity index (χ4v) is 1.67. The van der Waals surface area contributed by atoms with Gasteiger partial charge in [-0.2, -0.15) is 0 Å². The minimum atomic E-state index is -0.532. The Morgan fingerprint density at radius 2 is 1.95 bits per heavy atom. The number of halogens is 1. The van der Waals surface area contributed by atoms with Gasteiger partial charge in [-0.05, 0) is 18.2 Å². The van der Waals surface area contributed by atoms with E-state index < -0.39 is 5.82 Å². The Morgan fingerprint density at radius 3 is 2.65 bits per heavy atom. The Hall–Kier alpha value is -2.63. The van der Waals surface area contributed by atoms with E-state index in [0.717, 1.165) is 0 Å². The van der Waals surface area contributed by atoms with Crippen molar-refractivity contribution in [1.29, 1.82) is 0 Å². The van der Waals surface area contributed by atoms with Crippen LogP contribution in [-0.2, 0) is 11.3 Å². The molecule has 1 aromatic carbocycles. The number of pyridine rings is 1. The van der Waals surface area contributed by atoms with Crippen LogP contribution in [0, 0.1) is 5.82 Å². The molecule has 0 aliphatic carbocycles. The van der Waals surface area contributed by atoms with Crippen molar-refractivity contribution < 1.29 is 9.18 Å². The third-order valence-electron chi connectivity index (χ3n) is 2.72. The summed E-state index contributed by atoms with van der Waals surface area (Å²) in [5.41, 5.74) is 5.88. The minimum absolute atomic E-state index is 0.0647. The van der Waals surface area contributed by atoms with Crippen molar-refractivity contribution in [3.05, 3.63) is 58.8 Å². The highest BCUT2D eigenvalue weighted by Gasteiger charge is 2.07. The van der Waals surface area contributed by atoms with E-state index >= 15 is 0 Å². The lowest BCUT2D eigenvalue weighted by atomic mass is 10.2. The molecule has 0 saturated heterocycles. The summed E-state index contributed by atoms with van der Waals surface area (Å²) in [5, 5.41) is 2.46. The second-order valence-corrected chi connectivity index (χ2v) is 4.31. The Bertz CT molecular complexity index is 662. The van der Waals surface area contributed by atoms with E-state index in [1.54, 1.807) is 17.0 Å². The smallest absolute Gasteiger partial charge is 0.226 e. The number of benzene rings is 1. The first kappa shape index (κ1) is 13.8. The van der Waals surface area contributed by atoms with Crippen molar-refractivity contribution in [1.82, 2.24) is 4.57 Å². The van der Waals surface area contributed by atoms with Crippen LogP contribution in [0.3, 0.4) is 0 Å². The normalized spacial score (nSPS) is 10.2. The number of nitrogens with two attached hydrogens (primary N) is 1. The summed E-state index contributed by atoms with van der Waals surface area (Å²) in [4.78, 5) is 22.6. The third-order valence-corrected chi connectivity index (χ3v) is 2.72. The molecular formula is C14H14FN3O2. The lowest BCUT2D eigenvalue weighted by Gasteiger charge is -2.08. The number of aryl methyl sites for hydroxylation is 1. The van der Waals surface area contributed by atoms with Crippen LogP contribution in [0.5, 0.6) is 0 Å². The van der Waals surface area contributed by atoms with Gasteiger partial charge >= 0.3 is 0 Å². The number of anilines is 2. The molecule has 0 spiro atoms. The van der Waals surface area contributed by atoms with Crippen LogP contribution < -0.4 is 16.5 Å². The molecule has 2 rings (SSSR count). The zero-order valence-electron chi connectivity index (χ0n) is 10.7. The molecule has 0 fully saturated rings. The topological polar surface area (TPSA) is 77.1 Å². The van der Waals surface area contributed by atoms with Crippen LogP contribution in [0.15, 0.2) is 47.5 Å². The average Bonchev–Trinajstić information content (AvgIpc) is 2.42. The van der Waals surface area contributed by atoms with Crippen molar-refractivity contribution in [2.24, 2.45) is 0 Å². The Balaban J connectivity index is 1.94. The average molecular weight is 275 g/mol. The number of rotatable bonds is 4. The lowest BCUT2D eigenvalue weighted by Crippen LogP contribution is -2.16. The van der Waals surface area contributed by atoms with Gasteiger partial charge in [0.2, 0.25) is 5.91 Å². The van der Waals surface area contributed by atoms with E-state index in [1.165, 1.54) is 30.3 Å². The maximum Gasteiger partial charge on any atom is 0.226 e. The van der Waals surface area contributed by atoms with E-state index in [2.05, 4.69) is 5.32 Å². The standard InChI is InChI=1S/C14H14FN3O2/c15-12-2-1-10(16)9-13(12)17-14(20)5-8-18-6-3-11(19)4-7-18/h1-4,6-7,9H,5,8,16H2,(H,17,20). The maximum atomic E-state index is 13.4. The van der Waals surface area contributed by atoms with Crippen LogP contribution in [0.25, 0.3) is 0 Å². The number of hydrogen-bond acceptors (Lipinski definition) is 3. The number of nitrogens with one attached hydrogen (secondary N) is 1. The number of nitrogen functional groups attached to an aromatic ring is 1. The van der Waals surface area contributed by atoms with Crippen LogP contribution >= 0.6 is 0 Å². The minimum Gasteiger partial charge on any atom is -0.399 e. The zero-order valence-corrected chi connectivity index (χ0v) is 10.7. The first-order valence-corrected chi connectivity index (χ1v) is 6.05. The predicted octanol–water partition coefficient (Wildman–Crippen LogP) is 1.60. The van der Waals surface area contributed by atoms with Gasteiger partial charge in [0, 0.05) is 43.2 Å². The summed E-state index contributed by atoms with van der Waals surface area (Å²) in [5.74, 6) is -0.857. The number of carbonyl (C=O) groups excluding carboxylic acids is 1. The van der Waals surface area contributed by atoms with Gasteiger partial charge in [0.1, 0.15) is 5.82 Å². The van der Waals surface area contributed by atoms with Crippen LogP contribution in [-0.4, -0.2) is 10.5 Å². The van der Waals surface area contributed by atoms with E-state index in [4.69, 9.17) is 5.73 Å². The molecule has 0 atom stereocenters. The zero-order chi connectivity index (χ0) is 14.5. The number of nitrogens with zero attached hydrogens (tertiary/aromatic N) is 1. The molecule has 0 aliphatic heterocycles. The third kappa shape index (κ3) is 3.68. The highest BCUT2D eigenvalue weighted by atomic mass is 19.1. The summed E-state index contributed by atoms with van der Waals surface area (Å²) >= 11 is 0. The second-order valence-electron chi connectivity index (χ2n) is 4.31. The summed E-state index contributed by atoms with van der Waals surface area (Å²) in [6.07, 6.45) is 3.35. The van der Waals surface area contributed by atoms with Gasteiger partial charge in [-0.1, -0.05) is 0 Å². The molecule has 0 aliphatic rings. The second kappa shape index (κ2) is 6.01. The summed E-state index contributed by atoms with van der Waals surface area (Å²) in [7, 11) is 0. The Morgan fingerprint density at radius 1 is 1.25 bits per heavy atom. The van der Waals surface area contributed by atoms with Crippen molar-refractivity contribution in [3.63, 3.8) is 0 Å². The van der Waals surface area contributed by atoms with Crippen molar-refractivity contribution in [2.75, 3.05) is 11.1 Å². The molecule has 0 unspecified atom stereocenters. The molecule has 0 bridgehead atoms. The molecule has 5 nitrogen and oxygen atoms in total. The number of carbonyl (C=O) groups is 1. The summed E-state index contributed by atoms with van der Waals surface area (Å²) in [6, 6.07) is 6.82. The van der Waals surface area contributed by atoms with Crippen molar-refractivity contribution >= 4 is 17.3 Å². The fraction of sp³-hybridized carbons (Fsp3) is 0.143. The molecule has 2 aromatic rings. The van der Waals surface area contributed by atoms with Gasteiger partial charge < -0.3 is 15.6 Å². The highest BCUT2D eigenvalue weighted by molar-refractivity contribution is 5.91. The highest BCUT2D eigenvalue weighted by Crippen LogP contribution is 2.17. The molecule has 0 saturated carbocycles. The molecule has 104 valence electrons. The van der Waals surface area contributed by atoms with Gasteiger partial charge in [-0.3, -0.25) is 9.59 Å². The molecule has 1 heterocycles. The van der Waals surface area contributed by atoms with Crippen molar-refractivity contribution in [3.8, 4) is 0 Å². The molecule has 3 N–H and O–H groups in total. The fourth-order valence-electron chi connectivity index (χ4n) is 1.67. The lowest BCUT2D eigenvalue weighted by molar-refractivity contribution is -0.116. The largest absolute Gasteiger partial charge is 0.399 e. The molecule has 1 amide bonds. The molecule has 1 aromatic heterocycles. The van der Waals surface area contributed by atoms with Gasteiger partial charge in [0.25, 0.3) is 0 Å². The van der Waals surface area contributed by atoms with E-state index in [1.807, 2.05) is 0 Å². The predicted molar refractivity (Wildman–Crippen MR) is 74.8 cm³/mol. The van der Waals surface area contributed by atoms with E-state index in [0.29, 0.717) is 12.2 Å². The van der Waals surface area contributed by atoms with Gasteiger partial charge in [-0.25, -0.2) is 4.39 Å². The molecular weight excluding hydrogens is 261 g/mol. The SMILES string of the molecule is Nc1ccc(F)c(NC(=O)CCn2ccc(=O)cc2)c1. The Kier molecular flexibility index (Phi) is 4.14. The van der Waals surface area contributed by atoms with Crippen molar-refractivity contribution in [2.45, 2.75) is 13.0 Å². The number of aromatic nitrogens is 1. The molecule has 6 heteroatoms. The first-order valence-electron chi connectivity index (χ1n) is 6.05. The van der Waals surface area contributed by atoms with Crippen LogP contribution in [0.1, 0.15) is 6.42 Å². The van der Waals surface area contributed by atoms with Crippen LogP contribution in [0.4, 0.5) is 15.8 Å². The quantitative estimate of drug-likeness (QED) is 0.832. The van der Waals surface area contributed by atoms with E-state index in [-0.39, 0.29) is 23.4 Å². The molecule has 20 heavy (non-hydrogen) atoms.